The molecule has 1 amide bonds. The molecule has 3 rings (SSSR count). The van der Waals surface area contributed by atoms with Gasteiger partial charge in [0.15, 0.2) is 0 Å². The van der Waals surface area contributed by atoms with E-state index in [1.165, 1.54) is 0 Å². The van der Waals surface area contributed by atoms with E-state index in [2.05, 4.69) is 0 Å². The van der Waals surface area contributed by atoms with Gasteiger partial charge in [0, 0.05) is 17.3 Å². The highest BCUT2D eigenvalue weighted by molar-refractivity contribution is 7.85. The molecule has 0 aliphatic carbocycles. The number of hydrogen-bond acceptors (Lipinski definition) is 2. The van der Waals surface area contributed by atoms with Gasteiger partial charge >= 0.3 is 0 Å². The van der Waals surface area contributed by atoms with Gasteiger partial charge in [0.25, 0.3) is 0 Å². The van der Waals surface area contributed by atoms with Gasteiger partial charge in [-0.1, -0.05) is 35.9 Å². The van der Waals surface area contributed by atoms with Crippen molar-refractivity contribution in [2.24, 2.45) is 0 Å². The monoisotopic (exact) mass is 319 g/mol. The van der Waals surface area contributed by atoms with Gasteiger partial charge in [0.05, 0.1) is 27.8 Å². The Hall–Kier alpha value is -1.65. The first kappa shape index (κ1) is 14.3. The average molecular weight is 320 g/mol. The molecule has 21 heavy (non-hydrogen) atoms. The van der Waals surface area contributed by atoms with Gasteiger partial charge in [-0.25, -0.2) is 0 Å². The smallest absolute Gasteiger partial charge is 0.231 e. The maximum Gasteiger partial charge on any atom is 0.231 e. The van der Waals surface area contributed by atoms with Crippen molar-refractivity contribution in [2.45, 2.75) is 11.3 Å². The largest absolute Gasteiger partial charge is 0.310 e. The lowest BCUT2D eigenvalue weighted by molar-refractivity contribution is -0.118. The Morgan fingerprint density at radius 2 is 1.86 bits per heavy atom. The molecule has 0 saturated carbocycles. The lowest BCUT2D eigenvalue weighted by Crippen LogP contribution is -2.39. The quantitative estimate of drug-likeness (QED) is 0.853. The molecular weight excluding hydrogens is 306 g/mol. The Kier molecular flexibility index (Phi) is 4.08. The number of nitrogens with zero attached hydrogens (tertiary/aromatic N) is 1. The highest BCUT2D eigenvalue weighted by atomic mass is 35.5. The van der Waals surface area contributed by atoms with Crippen molar-refractivity contribution in [2.75, 3.05) is 17.2 Å². The number of rotatable bonds is 2. The zero-order valence-electron chi connectivity index (χ0n) is 11.3. The molecule has 0 aromatic heterocycles. The van der Waals surface area contributed by atoms with Crippen LogP contribution in [0.15, 0.2) is 53.4 Å². The summed E-state index contributed by atoms with van der Waals surface area (Å²) in [6.07, 6.45) is 0.318. The summed E-state index contributed by atoms with van der Waals surface area (Å²) in [6.45, 7) is 0.496. The third kappa shape index (κ3) is 3.01. The number of carbonyl (C=O) groups is 1. The summed E-state index contributed by atoms with van der Waals surface area (Å²) >= 11 is 5.85. The number of para-hydroxylation sites is 1. The molecule has 1 aliphatic heterocycles. The number of carbonyl (C=O) groups excluding carboxylic acids is 1. The van der Waals surface area contributed by atoms with Gasteiger partial charge in [-0.2, -0.15) is 0 Å². The van der Waals surface area contributed by atoms with Gasteiger partial charge in [-0.15, -0.1) is 0 Å². The fourth-order valence-electron chi connectivity index (χ4n) is 2.41. The van der Waals surface area contributed by atoms with E-state index < -0.39 is 10.8 Å². The predicted molar refractivity (Wildman–Crippen MR) is 85.2 cm³/mol. The summed E-state index contributed by atoms with van der Waals surface area (Å²) in [7, 11) is -1.01. The molecule has 0 saturated heterocycles. The number of benzene rings is 2. The summed E-state index contributed by atoms with van der Waals surface area (Å²) in [6, 6.07) is 14.7. The first-order chi connectivity index (χ1) is 10.1. The van der Waals surface area contributed by atoms with E-state index in [1.807, 2.05) is 36.4 Å². The maximum absolute atomic E-state index is 12.5. The van der Waals surface area contributed by atoms with Crippen molar-refractivity contribution in [1.82, 2.24) is 0 Å². The summed E-state index contributed by atoms with van der Waals surface area (Å²) < 4.78 is 12.0. The van der Waals surface area contributed by atoms with Gasteiger partial charge in [0.1, 0.15) is 0 Å². The molecule has 0 N–H and O–H groups in total. The Bertz CT molecular complexity index is 700. The highest BCUT2D eigenvalue weighted by Gasteiger charge is 2.26. The van der Waals surface area contributed by atoms with Crippen LogP contribution >= 0.6 is 11.6 Å². The van der Waals surface area contributed by atoms with Crippen LogP contribution in [0.5, 0.6) is 0 Å². The Morgan fingerprint density at radius 3 is 2.62 bits per heavy atom. The first-order valence-electron chi connectivity index (χ1n) is 6.67. The molecule has 0 bridgehead atoms. The van der Waals surface area contributed by atoms with Crippen molar-refractivity contribution >= 4 is 34.0 Å². The second kappa shape index (κ2) is 6.00. The van der Waals surface area contributed by atoms with E-state index in [-0.39, 0.29) is 5.91 Å². The first-order valence-corrected chi connectivity index (χ1v) is 8.37. The highest BCUT2D eigenvalue weighted by Crippen LogP contribution is 2.28. The van der Waals surface area contributed by atoms with Crippen LogP contribution < -0.4 is 4.90 Å². The topological polar surface area (TPSA) is 37.4 Å². The van der Waals surface area contributed by atoms with E-state index >= 15 is 0 Å². The molecular formula is C16H14ClNO2S. The van der Waals surface area contributed by atoms with Crippen molar-refractivity contribution in [3.63, 3.8) is 0 Å². The van der Waals surface area contributed by atoms with Gasteiger partial charge < -0.3 is 4.90 Å². The normalized spacial score (nSPS) is 17.4. The average Bonchev–Trinajstić information content (AvgIpc) is 2.50. The molecule has 2 aromatic rings. The summed E-state index contributed by atoms with van der Waals surface area (Å²) in [5.41, 5.74) is 1.69. The van der Waals surface area contributed by atoms with E-state index in [0.29, 0.717) is 23.7 Å². The lowest BCUT2D eigenvalue weighted by atomic mass is 10.1. The number of fused-ring (bicyclic) bond motifs is 1. The number of halogens is 1. The predicted octanol–water partition coefficient (Wildman–Crippen LogP) is 3.04. The maximum atomic E-state index is 12.5. The molecule has 1 aliphatic rings. The van der Waals surface area contributed by atoms with Crippen molar-refractivity contribution in [1.29, 1.82) is 0 Å². The second-order valence-electron chi connectivity index (χ2n) is 4.87. The third-order valence-electron chi connectivity index (χ3n) is 3.47. The zero-order valence-corrected chi connectivity index (χ0v) is 12.9. The minimum absolute atomic E-state index is 0.0153. The van der Waals surface area contributed by atoms with Crippen molar-refractivity contribution in [3.05, 3.63) is 59.1 Å². The summed E-state index contributed by atoms with van der Waals surface area (Å²) in [5, 5.41) is 0.657. The van der Waals surface area contributed by atoms with Crippen LogP contribution in [0, 0.1) is 0 Å². The summed E-state index contributed by atoms with van der Waals surface area (Å²) in [4.78, 5) is 15.0. The van der Waals surface area contributed by atoms with Crippen LogP contribution in [0.25, 0.3) is 0 Å². The number of anilines is 1. The molecule has 0 radical (unpaired) electrons. The molecule has 0 spiro atoms. The van der Waals surface area contributed by atoms with Crippen molar-refractivity contribution < 1.29 is 9.00 Å². The molecule has 2 aromatic carbocycles. The minimum atomic E-state index is -1.01. The fourth-order valence-corrected chi connectivity index (χ4v) is 3.74. The van der Waals surface area contributed by atoms with Crippen LogP contribution in [-0.2, 0) is 22.0 Å². The SMILES string of the molecule is O=C(Cc1ccc(Cl)cc1)N1CCS(=O)c2ccccc21. The van der Waals surface area contributed by atoms with E-state index in [9.17, 15) is 9.00 Å². The Morgan fingerprint density at radius 1 is 1.14 bits per heavy atom. The molecule has 3 nitrogen and oxygen atoms in total. The molecule has 0 fully saturated rings. The van der Waals surface area contributed by atoms with Crippen molar-refractivity contribution in [3.8, 4) is 0 Å². The van der Waals surface area contributed by atoms with Gasteiger partial charge in [-0.05, 0) is 29.8 Å². The Balaban J connectivity index is 1.84. The standard InChI is InChI=1S/C16H14ClNO2S/c17-13-7-5-12(6-8-13)11-16(19)18-9-10-21(20)15-4-2-1-3-14(15)18/h1-8H,9-11H2. The summed E-state index contributed by atoms with van der Waals surface area (Å²) in [5.74, 6) is 0.505. The third-order valence-corrected chi connectivity index (χ3v) is 5.11. The lowest BCUT2D eigenvalue weighted by Gasteiger charge is -2.29. The van der Waals surface area contributed by atoms with Crippen LogP contribution in [0.1, 0.15) is 5.56 Å². The number of hydrogen-bond donors (Lipinski definition) is 0. The fraction of sp³-hybridized carbons (Fsp3) is 0.188. The minimum Gasteiger partial charge on any atom is -0.310 e. The molecule has 1 unspecified atom stereocenters. The molecule has 5 heteroatoms. The second-order valence-corrected chi connectivity index (χ2v) is 6.84. The molecule has 108 valence electrons. The Labute approximate surface area is 131 Å². The van der Waals surface area contributed by atoms with Crippen LogP contribution in [-0.4, -0.2) is 22.4 Å². The van der Waals surface area contributed by atoms with Crippen LogP contribution in [0.2, 0.25) is 5.02 Å². The van der Waals surface area contributed by atoms with E-state index in [0.717, 1.165) is 16.1 Å². The van der Waals surface area contributed by atoms with Gasteiger partial charge in [0.2, 0.25) is 5.91 Å². The number of amides is 1. The zero-order chi connectivity index (χ0) is 14.8. The van der Waals surface area contributed by atoms with E-state index in [1.54, 1.807) is 17.0 Å². The van der Waals surface area contributed by atoms with Crippen LogP contribution in [0.3, 0.4) is 0 Å². The molecule has 1 heterocycles. The van der Waals surface area contributed by atoms with Gasteiger partial charge in [-0.3, -0.25) is 9.00 Å². The van der Waals surface area contributed by atoms with E-state index in [4.69, 9.17) is 11.6 Å². The van der Waals surface area contributed by atoms with Crippen LogP contribution in [0.4, 0.5) is 5.69 Å². The molecule has 1 atom stereocenters.